The van der Waals surface area contributed by atoms with Crippen molar-refractivity contribution in [3.63, 3.8) is 0 Å². The minimum atomic E-state index is -2.45. The van der Waals surface area contributed by atoms with Crippen LogP contribution in [0.15, 0.2) is 48.8 Å². The zero-order chi connectivity index (χ0) is 17.2. The molecule has 0 radical (unpaired) electrons. The monoisotopic (exact) mass is 341 g/mol. The smallest absolute Gasteiger partial charge is 0.121 e. The first kappa shape index (κ1) is 16.4. The highest BCUT2D eigenvalue weighted by Crippen LogP contribution is 2.28. The number of rotatable bonds is 5. The van der Waals surface area contributed by atoms with Gasteiger partial charge in [0.1, 0.15) is 12.1 Å². The predicted octanol–water partition coefficient (Wildman–Crippen LogP) is 3.52. The van der Waals surface area contributed by atoms with Crippen LogP contribution in [0.1, 0.15) is 5.56 Å². The molecule has 0 aliphatic heterocycles. The minimum Gasteiger partial charge on any atom is -0.497 e. The molecule has 0 saturated carbocycles. The number of ether oxygens (including phenoxy) is 1. The van der Waals surface area contributed by atoms with Gasteiger partial charge in [0.25, 0.3) is 0 Å². The molecular weight excluding hydrogens is 322 g/mol. The molecule has 124 valence electrons. The van der Waals surface area contributed by atoms with Gasteiger partial charge in [0.2, 0.25) is 0 Å². The number of fused-ring (bicyclic) bond motifs is 1. The zero-order valence-electron chi connectivity index (χ0n) is 13.7. The van der Waals surface area contributed by atoms with Crippen LogP contribution >= 0.6 is 0 Å². The van der Waals surface area contributed by atoms with E-state index in [1.54, 1.807) is 13.4 Å². The molecule has 1 atom stereocenters. The van der Waals surface area contributed by atoms with E-state index in [-0.39, 0.29) is 0 Å². The summed E-state index contributed by atoms with van der Waals surface area (Å²) in [6.45, 7) is 0. The molecule has 24 heavy (non-hydrogen) atoms. The Morgan fingerprint density at radius 2 is 1.88 bits per heavy atom. The number of aryl methyl sites for hydroxylation is 1. The van der Waals surface area contributed by atoms with E-state index in [1.807, 2.05) is 42.5 Å². The van der Waals surface area contributed by atoms with E-state index < -0.39 is 9.73 Å². The van der Waals surface area contributed by atoms with E-state index in [0.29, 0.717) is 12.2 Å². The SMILES string of the molecule is COc1ccc2c(-c3ccc(CCS(C)(=N)=O)cc3)ncnc2c1. The predicted molar refractivity (Wildman–Crippen MR) is 96.9 cm³/mol. The first-order chi connectivity index (χ1) is 11.5. The lowest BCUT2D eigenvalue weighted by atomic mass is 10.0. The van der Waals surface area contributed by atoms with Gasteiger partial charge in [0.05, 0.1) is 18.3 Å². The number of hydrogen-bond acceptors (Lipinski definition) is 5. The molecule has 0 amide bonds. The van der Waals surface area contributed by atoms with E-state index in [1.165, 1.54) is 6.26 Å². The highest BCUT2D eigenvalue weighted by molar-refractivity contribution is 7.91. The van der Waals surface area contributed by atoms with Gasteiger partial charge >= 0.3 is 0 Å². The average Bonchev–Trinajstić information content (AvgIpc) is 2.59. The van der Waals surface area contributed by atoms with E-state index in [2.05, 4.69) is 9.97 Å². The molecule has 6 heteroatoms. The summed E-state index contributed by atoms with van der Waals surface area (Å²) in [6, 6.07) is 13.8. The van der Waals surface area contributed by atoms with E-state index in [0.717, 1.165) is 33.5 Å². The lowest BCUT2D eigenvalue weighted by Gasteiger charge is -2.08. The summed E-state index contributed by atoms with van der Waals surface area (Å²) in [5, 5.41) is 0.966. The zero-order valence-corrected chi connectivity index (χ0v) is 14.5. The molecule has 0 aliphatic rings. The second kappa shape index (κ2) is 6.57. The molecule has 0 bridgehead atoms. The van der Waals surface area contributed by atoms with Crippen LogP contribution in [0.5, 0.6) is 5.75 Å². The van der Waals surface area contributed by atoms with Crippen LogP contribution in [0.3, 0.4) is 0 Å². The maximum Gasteiger partial charge on any atom is 0.121 e. The Hall–Kier alpha value is -2.47. The van der Waals surface area contributed by atoms with Crippen molar-refractivity contribution in [1.82, 2.24) is 9.97 Å². The third-order valence-corrected chi connectivity index (χ3v) is 4.83. The fraction of sp³-hybridized carbons (Fsp3) is 0.222. The molecular formula is C18H19N3O2S. The maximum atomic E-state index is 11.5. The van der Waals surface area contributed by atoms with Crippen molar-refractivity contribution in [2.24, 2.45) is 0 Å². The van der Waals surface area contributed by atoms with E-state index in [4.69, 9.17) is 9.52 Å². The molecule has 5 nitrogen and oxygen atoms in total. The highest BCUT2D eigenvalue weighted by Gasteiger charge is 2.08. The molecule has 0 fully saturated rings. The van der Waals surface area contributed by atoms with Gasteiger partial charge in [-0.2, -0.15) is 0 Å². The molecule has 1 aromatic heterocycles. The van der Waals surface area contributed by atoms with Gasteiger partial charge in [-0.1, -0.05) is 24.3 Å². The summed E-state index contributed by atoms with van der Waals surface area (Å²) < 4.78 is 24.2. The van der Waals surface area contributed by atoms with Crippen molar-refractivity contribution in [3.05, 3.63) is 54.4 Å². The van der Waals surface area contributed by atoms with Gasteiger partial charge in [-0.15, -0.1) is 0 Å². The van der Waals surface area contributed by atoms with Gasteiger partial charge in [0.15, 0.2) is 0 Å². The fourth-order valence-electron chi connectivity index (χ4n) is 2.54. The van der Waals surface area contributed by atoms with Crippen LogP contribution < -0.4 is 4.74 Å². The minimum absolute atomic E-state index is 0.378. The van der Waals surface area contributed by atoms with Gasteiger partial charge in [-0.25, -0.2) is 9.97 Å². The fourth-order valence-corrected chi connectivity index (χ4v) is 3.16. The van der Waals surface area contributed by atoms with Crippen LogP contribution in [0.4, 0.5) is 0 Å². The number of hydrogen-bond donors (Lipinski definition) is 1. The standard InChI is InChI=1S/C18H19N3O2S/c1-23-15-7-8-16-17(11-15)20-12-21-18(16)14-5-3-13(4-6-14)9-10-24(2,19)22/h3-8,11-12,19H,9-10H2,1-2H3. The van der Waals surface area contributed by atoms with Crippen molar-refractivity contribution >= 4 is 20.6 Å². The summed E-state index contributed by atoms with van der Waals surface area (Å²) >= 11 is 0. The Morgan fingerprint density at radius 3 is 2.54 bits per heavy atom. The van der Waals surface area contributed by atoms with Gasteiger partial charge < -0.3 is 4.74 Å². The van der Waals surface area contributed by atoms with Crippen LogP contribution in [-0.2, 0) is 16.1 Å². The van der Waals surface area contributed by atoms with Crippen LogP contribution in [-0.4, -0.2) is 33.3 Å². The Morgan fingerprint density at radius 1 is 1.12 bits per heavy atom. The summed E-state index contributed by atoms with van der Waals surface area (Å²) in [7, 11) is -0.820. The molecule has 0 saturated heterocycles. The number of methoxy groups -OCH3 is 1. The molecule has 2 aromatic carbocycles. The second-order valence-corrected chi connectivity index (χ2v) is 8.18. The number of nitrogens with one attached hydrogen (secondary N) is 1. The van der Waals surface area contributed by atoms with E-state index in [9.17, 15) is 4.21 Å². The summed E-state index contributed by atoms with van der Waals surface area (Å²) in [5.74, 6) is 1.14. The molecule has 0 aliphatic carbocycles. The normalized spacial score (nSPS) is 13.6. The van der Waals surface area contributed by atoms with Gasteiger partial charge in [0, 0.05) is 38.8 Å². The lowest BCUT2D eigenvalue weighted by Crippen LogP contribution is -2.04. The third kappa shape index (κ3) is 3.71. The van der Waals surface area contributed by atoms with Gasteiger partial charge in [-0.3, -0.25) is 8.99 Å². The first-order valence-corrected chi connectivity index (χ1v) is 9.69. The molecule has 1 heterocycles. The Labute approximate surface area is 141 Å². The summed E-state index contributed by atoms with van der Waals surface area (Å²) in [5.41, 5.74) is 3.78. The Bertz CT molecular complexity index is 967. The second-order valence-electron chi connectivity index (χ2n) is 5.76. The van der Waals surface area contributed by atoms with Crippen molar-refractivity contribution in [3.8, 4) is 17.0 Å². The summed E-state index contributed by atoms with van der Waals surface area (Å²) in [6.07, 6.45) is 3.67. The van der Waals surface area contributed by atoms with Crippen molar-refractivity contribution in [2.75, 3.05) is 19.1 Å². The van der Waals surface area contributed by atoms with Crippen LogP contribution in [0.2, 0.25) is 0 Å². The number of aromatic nitrogens is 2. The van der Waals surface area contributed by atoms with Crippen molar-refractivity contribution < 1.29 is 8.95 Å². The topological polar surface area (TPSA) is 75.9 Å². The van der Waals surface area contributed by atoms with Gasteiger partial charge in [-0.05, 0) is 24.1 Å². The molecule has 0 spiro atoms. The third-order valence-electron chi connectivity index (χ3n) is 3.85. The molecule has 1 N–H and O–H groups in total. The van der Waals surface area contributed by atoms with Crippen molar-refractivity contribution in [1.29, 1.82) is 4.78 Å². The Balaban J connectivity index is 1.93. The van der Waals surface area contributed by atoms with E-state index >= 15 is 0 Å². The lowest BCUT2D eigenvalue weighted by molar-refractivity contribution is 0.415. The molecule has 3 aromatic rings. The highest BCUT2D eigenvalue weighted by atomic mass is 32.2. The largest absolute Gasteiger partial charge is 0.497 e. The first-order valence-electron chi connectivity index (χ1n) is 7.56. The molecule has 3 rings (SSSR count). The maximum absolute atomic E-state index is 11.5. The quantitative estimate of drug-likeness (QED) is 0.770. The number of nitrogens with zero attached hydrogens (tertiary/aromatic N) is 2. The van der Waals surface area contributed by atoms with Crippen molar-refractivity contribution in [2.45, 2.75) is 6.42 Å². The average molecular weight is 341 g/mol. The summed E-state index contributed by atoms with van der Waals surface area (Å²) in [4.78, 5) is 8.73. The Kier molecular flexibility index (Phi) is 4.49. The molecule has 1 unspecified atom stereocenters. The van der Waals surface area contributed by atoms with Crippen LogP contribution in [0, 0.1) is 4.78 Å². The van der Waals surface area contributed by atoms with Crippen LogP contribution in [0.25, 0.3) is 22.2 Å². The number of benzene rings is 2.